The van der Waals surface area contributed by atoms with Crippen molar-refractivity contribution >= 4 is 29.7 Å². The van der Waals surface area contributed by atoms with Crippen LogP contribution < -0.4 is 21.3 Å². The molecule has 0 fully saturated rings. The summed E-state index contributed by atoms with van der Waals surface area (Å²) in [7, 11) is -2.38. The number of benzene rings is 4. The second kappa shape index (κ2) is 10.8. The number of hydrogen-bond acceptors (Lipinski definition) is 1. The number of hydrogen-bond donors (Lipinski definition) is 1. The molecule has 2 N–H and O–H groups in total. The van der Waals surface area contributed by atoms with Crippen LogP contribution in [0.25, 0.3) is 6.08 Å². The van der Waals surface area contributed by atoms with E-state index in [1.54, 1.807) is 0 Å². The summed E-state index contributed by atoms with van der Waals surface area (Å²) in [5, 5.41) is 4.15. The minimum absolute atomic E-state index is 0.242. The van der Waals surface area contributed by atoms with Crippen LogP contribution in [-0.2, 0) is 5.54 Å². The lowest BCUT2D eigenvalue weighted by Gasteiger charge is -2.31. The Morgan fingerprint density at radius 2 is 1.09 bits per heavy atom. The Labute approximate surface area is 206 Å². The van der Waals surface area contributed by atoms with E-state index in [0.717, 1.165) is 19.3 Å². The molecule has 0 amide bonds. The van der Waals surface area contributed by atoms with Crippen molar-refractivity contribution in [2.45, 2.75) is 38.6 Å². The van der Waals surface area contributed by atoms with E-state index in [2.05, 4.69) is 141 Å². The second-order valence-corrected chi connectivity index (χ2v) is 12.8. The zero-order valence-electron chi connectivity index (χ0n) is 20.3. The van der Waals surface area contributed by atoms with Gasteiger partial charge in [0, 0.05) is 5.54 Å². The fourth-order valence-corrected chi connectivity index (χ4v) is 9.19. The van der Waals surface area contributed by atoms with Gasteiger partial charge in [0.2, 0.25) is 0 Å². The van der Waals surface area contributed by atoms with Gasteiger partial charge in [-0.3, -0.25) is 0 Å². The van der Waals surface area contributed by atoms with Crippen LogP contribution in [0.4, 0.5) is 0 Å². The van der Waals surface area contributed by atoms with Crippen molar-refractivity contribution in [3.8, 4) is 0 Å². The first kappa shape index (κ1) is 23.9. The van der Waals surface area contributed by atoms with E-state index in [1.807, 2.05) is 0 Å². The molecule has 0 bridgehead atoms. The molecule has 0 saturated heterocycles. The van der Waals surface area contributed by atoms with Gasteiger partial charge in [0.1, 0.15) is 0 Å². The van der Waals surface area contributed by atoms with Crippen molar-refractivity contribution in [3.63, 3.8) is 0 Å². The molecule has 0 aliphatic heterocycles. The third kappa shape index (κ3) is 4.84. The summed E-state index contributed by atoms with van der Waals surface area (Å²) in [5.41, 5.74) is 11.4. The van der Waals surface area contributed by atoms with Crippen molar-refractivity contribution < 1.29 is 0 Å². The maximum absolute atomic E-state index is 6.74. The zero-order chi connectivity index (χ0) is 23.9. The monoisotopic (exact) mass is 461 g/mol. The van der Waals surface area contributed by atoms with Gasteiger partial charge in [0.15, 0.2) is 8.07 Å². The third-order valence-electron chi connectivity index (χ3n) is 7.03. The zero-order valence-corrected chi connectivity index (χ0v) is 21.3. The fraction of sp³-hybridized carbons (Fsp3) is 0.188. The van der Waals surface area contributed by atoms with Crippen LogP contribution in [0.5, 0.6) is 0 Å². The van der Waals surface area contributed by atoms with Crippen molar-refractivity contribution in [2.75, 3.05) is 0 Å². The summed E-state index contributed by atoms with van der Waals surface area (Å²) in [6.45, 7) is 4.39. The molecule has 0 radical (unpaired) electrons. The molecule has 4 rings (SSSR count). The van der Waals surface area contributed by atoms with Gasteiger partial charge in [0.05, 0.1) is 0 Å². The van der Waals surface area contributed by atoms with Crippen LogP contribution in [-0.4, -0.2) is 8.07 Å². The van der Waals surface area contributed by atoms with Gasteiger partial charge < -0.3 is 5.73 Å². The Morgan fingerprint density at radius 3 is 1.47 bits per heavy atom. The molecule has 4 aromatic carbocycles. The summed E-state index contributed by atoms with van der Waals surface area (Å²) in [6, 6.07) is 41.8. The van der Waals surface area contributed by atoms with Crippen LogP contribution in [0.3, 0.4) is 0 Å². The molecule has 0 spiro atoms. The molecule has 34 heavy (non-hydrogen) atoms. The van der Waals surface area contributed by atoms with Gasteiger partial charge in [-0.2, -0.15) is 0 Å². The Morgan fingerprint density at radius 1 is 0.647 bits per heavy atom. The number of nitrogens with two attached hydrogens (primary N) is 1. The fourth-order valence-electron chi connectivity index (χ4n) is 5.01. The van der Waals surface area contributed by atoms with Gasteiger partial charge in [-0.15, -0.1) is 0 Å². The summed E-state index contributed by atoms with van der Waals surface area (Å²) in [4.78, 5) is 0. The first-order chi connectivity index (χ1) is 16.6. The molecular formula is C32H35NSi. The van der Waals surface area contributed by atoms with E-state index in [-0.39, 0.29) is 5.54 Å². The Bertz CT molecular complexity index is 1090. The Hall–Kier alpha value is -3.20. The lowest BCUT2D eigenvalue weighted by atomic mass is 9.84. The van der Waals surface area contributed by atoms with Gasteiger partial charge in [-0.1, -0.05) is 147 Å². The first-order valence-electron chi connectivity index (χ1n) is 12.4. The highest BCUT2D eigenvalue weighted by Gasteiger charge is 2.36. The van der Waals surface area contributed by atoms with Crippen LogP contribution in [0.1, 0.15) is 44.2 Å². The molecule has 0 aliphatic rings. The van der Waals surface area contributed by atoms with E-state index in [9.17, 15) is 0 Å². The molecule has 0 saturated carbocycles. The van der Waals surface area contributed by atoms with Gasteiger partial charge in [-0.25, -0.2) is 0 Å². The smallest absolute Gasteiger partial charge is 0.172 e. The van der Waals surface area contributed by atoms with E-state index < -0.39 is 8.07 Å². The molecule has 1 unspecified atom stereocenters. The second-order valence-electron chi connectivity index (χ2n) is 9.12. The standard InChI is InChI=1S/C32H35NSi/c1-3-25-32(33,4-2)28-22-20-27(21-23-28)24-26-34(29-14-8-5-9-15-29,30-16-10-6-11-17-30)31-18-12-7-13-19-31/h5-24,26H,3-4,25,33H2,1-2H3/b26-24+. The van der Waals surface area contributed by atoms with Crippen LogP contribution >= 0.6 is 0 Å². The van der Waals surface area contributed by atoms with E-state index in [1.165, 1.54) is 26.7 Å². The topological polar surface area (TPSA) is 26.0 Å². The van der Waals surface area contributed by atoms with Gasteiger partial charge in [-0.05, 0) is 39.5 Å². The summed E-state index contributed by atoms with van der Waals surface area (Å²) < 4.78 is 0. The van der Waals surface area contributed by atoms with E-state index >= 15 is 0 Å². The lowest BCUT2D eigenvalue weighted by Crippen LogP contribution is -2.66. The first-order valence-corrected chi connectivity index (χ1v) is 14.5. The quantitative estimate of drug-likeness (QED) is 0.248. The Balaban J connectivity index is 1.82. The summed E-state index contributed by atoms with van der Waals surface area (Å²) in [5.74, 6) is 0. The normalized spacial score (nSPS) is 13.6. The molecular weight excluding hydrogens is 426 g/mol. The number of rotatable bonds is 9. The van der Waals surface area contributed by atoms with Crippen LogP contribution in [0.2, 0.25) is 0 Å². The third-order valence-corrected chi connectivity index (χ3v) is 11.4. The highest BCUT2D eigenvalue weighted by Crippen LogP contribution is 2.27. The van der Waals surface area contributed by atoms with E-state index in [4.69, 9.17) is 5.73 Å². The molecule has 172 valence electrons. The van der Waals surface area contributed by atoms with Crippen molar-refractivity contribution in [1.29, 1.82) is 0 Å². The average molecular weight is 462 g/mol. The van der Waals surface area contributed by atoms with E-state index in [0.29, 0.717) is 0 Å². The predicted molar refractivity (Wildman–Crippen MR) is 151 cm³/mol. The van der Waals surface area contributed by atoms with Gasteiger partial charge in [0.25, 0.3) is 0 Å². The molecule has 0 aliphatic carbocycles. The average Bonchev–Trinajstić information content (AvgIpc) is 2.91. The van der Waals surface area contributed by atoms with Crippen molar-refractivity contribution in [1.82, 2.24) is 0 Å². The van der Waals surface area contributed by atoms with Gasteiger partial charge >= 0.3 is 0 Å². The van der Waals surface area contributed by atoms with Crippen LogP contribution in [0, 0.1) is 0 Å². The van der Waals surface area contributed by atoms with Crippen molar-refractivity contribution in [2.24, 2.45) is 5.73 Å². The highest BCUT2D eigenvalue weighted by atomic mass is 28.3. The predicted octanol–water partition coefficient (Wildman–Crippen LogP) is 5.77. The minimum Gasteiger partial charge on any atom is -0.321 e. The lowest BCUT2D eigenvalue weighted by molar-refractivity contribution is 0.390. The summed E-state index contributed by atoms with van der Waals surface area (Å²) >= 11 is 0. The molecule has 4 aromatic rings. The highest BCUT2D eigenvalue weighted by molar-refractivity contribution is 7.15. The SMILES string of the molecule is CCCC(N)(CC)c1ccc(/C=C/[Si](c2ccccc2)(c2ccccc2)c2ccccc2)cc1. The molecule has 0 heterocycles. The Kier molecular flexibility index (Phi) is 7.62. The molecule has 1 atom stereocenters. The minimum atomic E-state index is -2.38. The molecule has 2 heteroatoms. The maximum atomic E-state index is 6.74. The molecule has 0 aromatic heterocycles. The molecule has 1 nitrogen and oxygen atoms in total. The largest absolute Gasteiger partial charge is 0.321 e. The van der Waals surface area contributed by atoms with Crippen LogP contribution in [0.15, 0.2) is 121 Å². The van der Waals surface area contributed by atoms with Crippen molar-refractivity contribution in [3.05, 3.63) is 132 Å². The maximum Gasteiger partial charge on any atom is 0.172 e. The summed E-state index contributed by atoms with van der Waals surface area (Å²) in [6.07, 6.45) is 5.35.